The molecule has 0 aromatic carbocycles. The standard InChI is InChI=1S/C28H48O2.C2H6/c1-17-23-22(8-6-7-13-26(2,3)30)28(5)15-12-21-20(25(28)24(17)23)10-9-18-16-19(29)11-14-27(18,21)4;1-2/h17-25,29-30H,6-16H2,1-5H3;1-2H3/t17-,18?,19?,20?,21?,22?,23?,24?,25?,27?,28?;/m1./s1. The number of fused-ring (bicyclic) bond motifs is 7. The third kappa shape index (κ3) is 4.02. The van der Waals surface area contributed by atoms with E-state index in [9.17, 15) is 10.2 Å². The Kier molecular flexibility index (Phi) is 6.92. The number of rotatable bonds is 5. The van der Waals surface area contributed by atoms with Crippen LogP contribution in [0.3, 0.4) is 0 Å². The fourth-order valence-corrected chi connectivity index (χ4v) is 10.3. The topological polar surface area (TPSA) is 40.5 Å². The van der Waals surface area contributed by atoms with E-state index < -0.39 is 5.60 Å². The summed E-state index contributed by atoms with van der Waals surface area (Å²) >= 11 is 0. The molecule has 2 nitrogen and oxygen atoms in total. The summed E-state index contributed by atoms with van der Waals surface area (Å²) in [5.74, 6) is 7.53. The highest BCUT2D eigenvalue weighted by atomic mass is 16.3. The molecule has 5 fully saturated rings. The molecule has 0 aliphatic heterocycles. The summed E-state index contributed by atoms with van der Waals surface area (Å²) < 4.78 is 0. The van der Waals surface area contributed by atoms with Gasteiger partial charge in [0.25, 0.3) is 0 Å². The van der Waals surface area contributed by atoms with Gasteiger partial charge in [-0.05, 0) is 130 Å². The van der Waals surface area contributed by atoms with Crippen molar-refractivity contribution in [3.63, 3.8) is 0 Å². The summed E-state index contributed by atoms with van der Waals surface area (Å²) in [6.07, 6.45) is 13.9. The van der Waals surface area contributed by atoms with E-state index in [1.54, 1.807) is 0 Å². The molecular formula is C30H54O2. The predicted octanol–water partition coefficient (Wildman–Crippen LogP) is 7.47. The Morgan fingerprint density at radius 2 is 1.59 bits per heavy atom. The summed E-state index contributed by atoms with van der Waals surface area (Å²) in [6, 6.07) is 0. The molecular weight excluding hydrogens is 392 g/mol. The molecule has 0 bridgehead atoms. The Labute approximate surface area is 199 Å². The number of unbranched alkanes of at least 4 members (excludes halogenated alkanes) is 1. The molecule has 32 heavy (non-hydrogen) atoms. The Hall–Kier alpha value is -0.0800. The fraction of sp³-hybridized carbons (Fsp3) is 1.00. The van der Waals surface area contributed by atoms with Crippen LogP contribution in [-0.2, 0) is 0 Å². The van der Waals surface area contributed by atoms with E-state index in [2.05, 4.69) is 20.8 Å². The van der Waals surface area contributed by atoms with Crippen LogP contribution < -0.4 is 0 Å². The van der Waals surface area contributed by atoms with E-state index in [1.165, 1.54) is 51.4 Å². The van der Waals surface area contributed by atoms with Gasteiger partial charge in [-0.25, -0.2) is 0 Å². The van der Waals surface area contributed by atoms with E-state index in [-0.39, 0.29) is 6.10 Å². The first-order valence-corrected chi connectivity index (χ1v) is 14.5. The quantitative estimate of drug-likeness (QED) is 0.430. The minimum Gasteiger partial charge on any atom is -0.393 e. The number of aliphatic hydroxyl groups is 2. The lowest BCUT2D eigenvalue weighted by molar-refractivity contribution is -0.136. The molecule has 0 aromatic heterocycles. The highest BCUT2D eigenvalue weighted by Crippen LogP contribution is 2.78. The van der Waals surface area contributed by atoms with Gasteiger partial charge in [-0.3, -0.25) is 0 Å². The molecule has 10 unspecified atom stereocenters. The van der Waals surface area contributed by atoms with E-state index >= 15 is 0 Å². The van der Waals surface area contributed by atoms with Crippen molar-refractivity contribution in [3.8, 4) is 0 Å². The van der Waals surface area contributed by atoms with Crippen LogP contribution in [0.2, 0.25) is 0 Å². The van der Waals surface area contributed by atoms with Gasteiger partial charge in [0.2, 0.25) is 0 Å². The first kappa shape index (κ1) is 25.0. The van der Waals surface area contributed by atoms with Crippen LogP contribution >= 0.6 is 0 Å². The van der Waals surface area contributed by atoms with E-state index in [4.69, 9.17) is 0 Å². The van der Waals surface area contributed by atoms with Crippen molar-refractivity contribution >= 4 is 0 Å². The lowest BCUT2D eigenvalue weighted by atomic mass is 9.43. The molecule has 0 aromatic rings. The maximum absolute atomic E-state index is 10.3. The van der Waals surface area contributed by atoms with Crippen LogP contribution in [0.5, 0.6) is 0 Å². The zero-order valence-corrected chi connectivity index (χ0v) is 22.4. The van der Waals surface area contributed by atoms with Crippen molar-refractivity contribution in [1.29, 1.82) is 0 Å². The Morgan fingerprint density at radius 3 is 2.28 bits per heavy atom. The zero-order chi connectivity index (χ0) is 23.5. The lowest BCUT2D eigenvalue weighted by Gasteiger charge is -2.62. The van der Waals surface area contributed by atoms with Crippen LogP contribution in [-0.4, -0.2) is 21.9 Å². The monoisotopic (exact) mass is 446 g/mol. The summed E-state index contributed by atoms with van der Waals surface area (Å²) in [7, 11) is 0. The van der Waals surface area contributed by atoms with Gasteiger partial charge in [0.05, 0.1) is 11.7 Å². The third-order valence-corrected chi connectivity index (χ3v) is 11.7. The van der Waals surface area contributed by atoms with Crippen molar-refractivity contribution in [1.82, 2.24) is 0 Å². The van der Waals surface area contributed by atoms with Gasteiger partial charge in [0, 0.05) is 0 Å². The molecule has 0 amide bonds. The smallest absolute Gasteiger partial charge is 0.0591 e. The minimum atomic E-state index is -0.503. The summed E-state index contributed by atoms with van der Waals surface area (Å²) in [5, 5.41) is 20.4. The van der Waals surface area contributed by atoms with Gasteiger partial charge in [-0.2, -0.15) is 0 Å². The Balaban J connectivity index is 0.00000119. The third-order valence-electron chi connectivity index (χ3n) is 11.7. The number of hydrogen-bond donors (Lipinski definition) is 2. The molecule has 2 heteroatoms. The van der Waals surface area contributed by atoms with Crippen LogP contribution in [0.1, 0.15) is 119 Å². The van der Waals surface area contributed by atoms with Crippen molar-refractivity contribution in [2.45, 2.75) is 131 Å². The Morgan fingerprint density at radius 1 is 0.906 bits per heavy atom. The van der Waals surface area contributed by atoms with Crippen LogP contribution in [0.4, 0.5) is 0 Å². The summed E-state index contributed by atoms with van der Waals surface area (Å²) in [5.41, 5.74) is 0.578. The van der Waals surface area contributed by atoms with Gasteiger partial charge in [0.1, 0.15) is 0 Å². The normalized spacial score (nSPS) is 51.5. The van der Waals surface area contributed by atoms with Gasteiger partial charge in [-0.15, -0.1) is 0 Å². The molecule has 0 radical (unpaired) electrons. The lowest BCUT2D eigenvalue weighted by Crippen LogP contribution is -2.55. The molecule has 186 valence electrons. The second-order valence-corrected chi connectivity index (χ2v) is 13.7. The molecule has 5 saturated carbocycles. The molecule has 2 N–H and O–H groups in total. The molecule has 5 rings (SSSR count). The largest absolute Gasteiger partial charge is 0.393 e. The molecule has 0 saturated heterocycles. The summed E-state index contributed by atoms with van der Waals surface area (Å²) in [6.45, 7) is 15.8. The van der Waals surface area contributed by atoms with Gasteiger partial charge >= 0.3 is 0 Å². The minimum absolute atomic E-state index is 0.0268. The van der Waals surface area contributed by atoms with Gasteiger partial charge < -0.3 is 10.2 Å². The maximum Gasteiger partial charge on any atom is 0.0591 e. The Bertz CT molecular complexity index is 652. The van der Waals surface area contributed by atoms with E-state index in [0.29, 0.717) is 10.8 Å². The SMILES string of the molecule is CC.C[C@@H]1C2C1C1C3CCC4CC(O)CCC4(C)C3CCC1(C)C2CCCCC(C)(C)O. The molecule has 5 aliphatic carbocycles. The highest BCUT2D eigenvalue weighted by molar-refractivity contribution is 5.20. The molecule has 11 atom stereocenters. The molecule has 5 aliphatic rings. The molecule has 0 heterocycles. The van der Waals surface area contributed by atoms with Gasteiger partial charge in [0.15, 0.2) is 0 Å². The fourth-order valence-electron chi connectivity index (χ4n) is 10.3. The van der Waals surface area contributed by atoms with Crippen molar-refractivity contribution in [2.75, 3.05) is 0 Å². The van der Waals surface area contributed by atoms with Crippen molar-refractivity contribution in [2.24, 2.45) is 58.2 Å². The van der Waals surface area contributed by atoms with Crippen molar-refractivity contribution in [3.05, 3.63) is 0 Å². The van der Waals surface area contributed by atoms with Crippen LogP contribution in [0.15, 0.2) is 0 Å². The van der Waals surface area contributed by atoms with E-state index in [1.807, 2.05) is 27.7 Å². The number of hydrogen-bond acceptors (Lipinski definition) is 2. The summed E-state index contributed by atoms with van der Waals surface area (Å²) in [4.78, 5) is 0. The second kappa shape index (κ2) is 8.85. The van der Waals surface area contributed by atoms with Gasteiger partial charge in [-0.1, -0.05) is 47.5 Å². The average molecular weight is 447 g/mol. The number of aliphatic hydroxyl groups excluding tert-OH is 1. The molecule has 0 spiro atoms. The highest BCUT2D eigenvalue weighted by Gasteiger charge is 2.72. The zero-order valence-electron chi connectivity index (χ0n) is 22.4. The van der Waals surface area contributed by atoms with Crippen LogP contribution in [0, 0.1) is 58.2 Å². The first-order valence-electron chi connectivity index (χ1n) is 14.5. The van der Waals surface area contributed by atoms with Crippen LogP contribution in [0.25, 0.3) is 0 Å². The first-order chi connectivity index (χ1) is 15.1. The second-order valence-electron chi connectivity index (χ2n) is 13.7. The van der Waals surface area contributed by atoms with E-state index in [0.717, 1.165) is 66.6 Å². The van der Waals surface area contributed by atoms with Crippen molar-refractivity contribution < 1.29 is 10.2 Å². The maximum atomic E-state index is 10.3. The average Bonchev–Trinajstić information content (AvgIpc) is 3.28. The predicted molar refractivity (Wildman–Crippen MR) is 134 cm³/mol.